The van der Waals surface area contributed by atoms with Crippen LogP contribution in [0.3, 0.4) is 0 Å². The third-order valence-corrected chi connectivity index (χ3v) is 9.24. The van der Waals surface area contributed by atoms with E-state index in [1.165, 1.54) is 54.5 Å². The molecule has 2 aromatic carbocycles. The summed E-state index contributed by atoms with van der Waals surface area (Å²) >= 11 is 2.84. The summed E-state index contributed by atoms with van der Waals surface area (Å²) in [4.78, 5) is 51.0. The number of carbonyl (C=O) groups is 3. The highest BCUT2D eigenvalue weighted by Crippen LogP contribution is 2.38. The number of esters is 1. The molecule has 2 N–H and O–H groups in total. The molecule has 0 fully saturated rings. The molecule has 210 valence electrons. The molecular formula is C29H31N3O6S2. The van der Waals surface area contributed by atoms with Crippen molar-refractivity contribution in [2.75, 3.05) is 17.7 Å². The standard InChI is InChI=1S/C29H31N3O6S2/c1-3-23(27(34)31-28-25(29(35)38-2)22-11-6-4-5-7-12-24(22)40-28)39-21-10-8-9-19(17-21)30-26(33)18-13-15-20(16-14-18)32(36)37/h8-10,13-17,23H,3-7,11-12H2,1-2H3,(H,30,33)(H,31,34). The molecule has 0 saturated carbocycles. The van der Waals surface area contributed by atoms with E-state index in [4.69, 9.17) is 4.74 Å². The van der Waals surface area contributed by atoms with Gasteiger partial charge in [0.15, 0.2) is 0 Å². The molecule has 3 aromatic rings. The van der Waals surface area contributed by atoms with Crippen molar-refractivity contribution >= 4 is 57.3 Å². The number of hydrogen-bond donors (Lipinski definition) is 2. The zero-order valence-electron chi connectivity index (χ0n) is 22.4. The summed E-state index contributed by atoms with van der Waals surface area (Å²) in [5, 5.41) is 16.8. The average molecular weight is 582 g/mol. The predicted octanol–water partition coefficient (Wildman–Crippen LogP) is 6.86. The minimum Gasteiger partial charge on any atom is -0.465 e. The van der Waals surface area contributed by atoms with E-state index in [1.807, 2.05) is 13.0 Å². The molecule has 1 aliphatic rings. The van der Waals surface area contributed by atoms with Gasteiger partial charge in [-0.05, 0) is 68.0 Å². The van der Waals surface area contributed by atoms with Gasteiger partial charge in [0.25, 0.3) is 11.6 Å². The van der Waals surface area contributed by atoms with Crippen LogP contribution in [0.25, 0.3) is 0 Å². The Labute approximate surface area is 240 Å². The molecule has 11 heteroatoms. The van der Waals surface area contributed by atoms with Crippen molar-refractivity contribution in [1.29, 1.82) is 0 Å². The highest BCUT2D eigenvalue weighted by molar-refractivity contribution is 8.00. The highest BCUT2D eigenvalue weighted by Gasteiger charge is 2.28. The van der Waals surface area contributed by atoms with Gasteiger partial charge >= 0.3 is 5.97 Å². The first-order valence-corrected chi connectivity index (χ1v) is 14.9. The summed E-state index contributed by atoms with van der Waals surface area (Å²) in [6.07, 6.45) is 6.60. The van der Waals surface area contributed by atoms with Crippen LogP contribution in [-0.2, 0) is 22.4 Å². The van der Waals surface area contributed by atoms with Gasteiger partial charge in [0.05, 0.1) is 22.8 Å². The van der Waals surface area contributed by atoms with E-state index < -0.39 is 22.0 Å². The fourth-order valence-electron chi connectivity index (χ4n) is 4.59. The quantitative estimate of drug-likeness (QED) is 0.122. The molecule has 2 amide bonds. The molecule has 4 rings (SSSR count). The lowest BCUT2D eigenvalue weighted by Crippen LogP contribution is -2.25. The summed E-state index contributed by atoms with van der Waals surface area (Å²) in [6, 6.07) is 12.5. The van der Waals surface area contributed by atoms with Crippen LogP contribution < -0.4 is 10.6 Å². The number of nitrogens with zero attached hydrogens (tertiary/aromatic N) is 1. The second-order valence-corrected chi connectivity index (χ2v) is 11.8. The molecule has 9 nitrogen and oxygen atoms in total. The Balaban J connectivity index is 1.47. The van der Waals surface area contributed by atoms with E-state index in [2.05, 4.69) is 10.6 Å². The normalized spacial score (nSPS) is 13.8. The lowest BCUT2D eigenvalue weighted by Gasteiger charge is -2.16. The number of nitro benzene ring substituents is 1. The lowest BCUT2D eigenvalue weighted by molar-refractivity contribution is -0.384. The first kappa shape index (κ1) is 29.3. The molecule has 0 spiro atoms. The number of non-ortho nitro benzene ring substituents is 1. The summed E-state index contributed by atoms with van der Waals surface area (Å²) in [7, 11) is 1.36. The summed E-state index contributed by atoms with van der Waals surface area (Å²) in [6.45, 7) is 1.92. The number of hydrogen-bond acceptors (Lipinski definition) is 8. The van der Waals surface area contributed by atoms with Gasteiger partial charge in [0.2, 0.25) is 5.91 Å². The van der Waals surface area contributed by atoms with Crippen LogP contribution in [0.15, 0.2) is 53.4 Å². The van der Waals surface area contributed by atoms with E-state index in [9.17, 15) is 24.5 Å². The van der Waals surface area contributed by atoms with E-state index in [0.717, 1.165) is 53.9 Å². The number of methoxy groups -OCH3 is 1. The fourth-order valence-corrected chi connectivity index (χ4v) is 6.88. The zero-order valence-corrected chi connectivity index (χ0v) is 24.0. The molecular weight excluding hydrogens is 550 g/mol. The van der Waals surface area contributed by atoms with Crippen LogP contribution in [0.4, 0.5) is 16.4 Å². The van der Waals surface area contributed by atoms with Gasteiger partial charge in [-0.25, -0.2) is 4.79 Å². The van der Waals surface area contributed by atoms with E-state index in [-0.39, 0.29) is 11.6 Å². The van der Waals surface area contributed by atoms with Crippen LogP contribution in [0.1, 0.15) is 70.2 Å². The van der Waals surface area contributed by atoms with Gasteiger partial charge in [-0.15, -0.1) is 23.1 Å². The number of rotatable bonds is 9. The van der Waals surface area contributed by atoms with Gasteiger partial charge in [0, 0.05) is 33.2 Å². The number of benzene rings is 2. The Morgan fingerprint density at radius 2 is 1.77 bits per heavy atom. The van der Waals surface area contributed by atoms with Crippen molar-refractivity contribution < 1.29 is 24.0 Å². The number of carbonyl (C=O) groups excluding carboxylic acids is 3. The van der Waals surface area contributed by atoms with Crippen molar-refractivity contribution in [3.8, 4) is 0 Å². The SMILES string of the molecule is CCC(Sc1cccc(NC(=O)c2ccc([N+](=O)[O-])cc2)c1)C(=O)Nc1sc2c(c1C(=O)OC)CCCCCC2. The number of thioether (sulfide) groups is 1. The molecule has 40 heavy (non-hydrogen) atoms. The van der Waals surface area contributed by atoms with Crippen molar-refractivity contribution in [1.82, 2.24) is 0 Å². The molecule has 1 aromatic heterocycles. The molecule has 1 atom stereocenters. The Bertz CT molecular complexity index is 1400. The number of anilines is 2. The summed E-state index contributed by atoms with van der Waals surface area (Å²) in [5.41, 5.74) is 2.22. The Kier molecular flexibility index (Phi) is 9.94. The van der Waals surface area contributed by atoms with E-state index in [0.29, 0.717) is 28.2 Å². The summed E-state index contributed by atoms with van der Waals surface area (Å²) in [5.74, 6) is -1.02. The topological polar surface area (TPSA) is 128 Å². The average Bonchev–Trinajstić information content (AvgIpc) is 3.26. The Morgan fingerprint density at radius 3 is 2.45 bits per heavy atom. The summed E-state index contributed by atoms with van der Waals surface area (Å²) < 4.78 is 5.08. The third kappa shape index (κ3) is 7.08. The Morgan fingerprint density at radius 1 is 1.05 bits per heavy atom. The molecule has 0 bridgehead atoms. The second kappa shape index (κ2) is 13.6. The maximum absolute atomic E-state index is 13.4. The van der Waals surface area contributed by atoms with Crippen molar-refractivity contribution in [2.24, 2.45) is 0 Å². The zero-order chi connectivity index (χ0) is 28.6. The maximum atomic E-state index is 13.4. The Hall–Kier alpha value is -3.70. The van der Waals surface area contributed by atoms with Gasteiger partial charge in [0.1, 0.15) is 5.00 Å². The van der Waals surface area contributed by atoms with Crippen LogP contribution in [0.2, 0.25) is 0 Å². The molecule has 1 heterocycles. The predicted molar refractivity (Wildman–Crippen MR) is 158 cm³/mol. The molecule has 0 radical (unpaired) electrons. The largest absolute Gasteiger partial charge is 0.465 e. The first-order valence-electron chi connectivity index (χ1n) is 13.2. The smallest absolute Gasteiger partial charge is 0.341 e. The van der Waals surface area contributed by atoms with Gasteiger partial charge in [-0.2, -0.15) is 0 Å². The maximum Gasteiger partial charge on any atom is 0.341 e. The minimum absolute atomic E-state index is 0.0914. The molecule has 1 unspecified atom stereocenters. The van der Waals surface area contributed by atoms with Crippen LogP contribution in [0, 0.1) is 10.1 Å². The van der Waals surface area contributed by atoms with Crippen molar-refractivity contribution in [2.45, 2.75) is 62.0 Å². The number of ether oxygens (including phenoxy) is 1. The third-order valence-electron chi connectivity index (χ3n) is 6.67. The minimum atomic E-state index is -0.520. The number of fused-ring (bicyclic) bond motifs is 1. The second-order valence-electron chi connectivity index (χ2n) is 9.40. The van der Waals surface area contributed by atoms with Crippen LogP contribution >= 0.6 is 23.1 Å². The van der Waals surface area contributed by atoms with Crippen molar-refractivity contribution in [3.63, 3.8) is 0 Å². The van der Waals surface area contributed by atoms with Gasteiger partial charge in [-0.1, -0.05) is 25.8 Å². The number of thiophene rings is 1. The van der Waals surface area contributed by atoms with E-state index >= 15 is 0 Å². The van der Waals surface area contributed by atoms with Crippen LogP contribution in [0.5, 0.6) is 0 Å². The lowest BCUT2D eigenvalue weighted by atomic mass is 9.96. The van der Waals surface area contributed by atoms with Crippen LogP contribution in [-0.4, -0.2) is 35.1 Å². The van der Waals surface area contributed by atoms with Gasteiger partial charge in [-0.3, -0.25) is 19.7 Å². The molecule has 0 saturated heterocycles. The molecule has 0 aliphatic heterocycles. The number of amides is 2. The first-order chi connectivity index (χ1) is 19.3. The van der Waals surface area contributed by atoms with Gasteiger partial charge < -0.3 is 15.4 Å². The highest BCUT2D eigenvalue weighted by atomic mass is 32.2. The number of nitrogens with one attached hydrogen (secondary N) is 2. The van der Waals surface area contributed by atoms with E-state index in [1.54, 1.807) is 18.2 Å². The number of nitro groups is 1. The monoisotopic (exact) mass is 581 g/mol. The number of aryl methyl sites for hydroxylation is 1. The van der Waals surface area contributed by atoms with Crippen molar-refractivity contribution in [3.05, 3.63) is 80.2 Å². The fraction of sp³-hybridized carbons (Fsp3) is 0.345. The molecule has 1 aliphatic carbocycles.